The van der Waals surface area contributed by atoms with Crippen molar-refractivity contribution in [1.82, 2.24) is 9.88 Å². The Bertz CT molecular complexity index is 554. The van der Waals surface area contributed by atoms with Gasteiger partial charge in [0.1, 0.15) is 0 Å². The van der Waals surface area contributed by atoms with Crippen molar-refractivity contribution in [3.05, 3.63) is 29.6 Å². The molecule has 0 radical (unpaired) electrons. The average Bonchev–Trinajstić information content (AvgIpc) is 2.45. The number of hydrogen-bond donors (Lipinski definition) is 0. The van der Waals surface area contributed by atoms with Crippen molar-refractivity contribution >= 4 is 5.91 Å². The first-order valence-electron chi connectivity index (χ1n) is 6.48. The minimum atomic E-state index is -4.79. The van der Waals surface area contributed by atoms with Gasteiger partial charge in [-0.05, 0) is 18.9 Å². The van der Waals surface area contributed by atoms with E-state index < -0.39 is 41.8 Å². The van der Waals surface area contributed by atoms with Crippen molar-refractivity contribution in [1.29, 1.82) is 0 Å². The van der Waals surface area contributed by atoms with Crippen molar-refractivity contribution in [2.45, 2.75) is 25.2 Å². The number of amides is 1. The first kappa shape index (κ1) is 16.6. The molecular formula is C13H12F6N2O. The zero-order valence-electron chi connectivity index (χ0n) is 11.2. The monoisotopic (exact) mass is 326 g/mol. The maximum atomic E-state index is 12.9. The van der Waals surface area contributed by atoms with Gasteiger partial charge in [-0.3, -0.25) is 9.78 Å². The Morgan fingerprint density at radius 2 is 1.91 bits per heavy atom. The van der Waals surface area contributed by atoms with E-state index in [1.165, 1.54) is 0 Å². The normalized spacial score (nSPS) is 20.1. The number of hydrogen-bond acceptors (Lipinski definition) is 2. The van der Waals surface area contributed by atoms with E-state index in [2.05, 4.69) is 4.98 Å². The number of pyridine rings is 1. The number of nitrogens with zero attached hydrogens (tertiary/aromatic N) is 2. The quantitative estimate of drug-likeness (QED) is 0.740. The topological polar surface area (TPSA) is 33.2 Å². The predicted octanol–water partition coefficient (Wildman–Crippen LogP) is 3.51. The lowest BCUT2D eigenvalue weighted by atomic mass is 9.96. The summed E-state index contributed by atoms with van der Waals surface area (Å²) in [6.07, 6.45) is -7.79. The van der Waals surface area contributed by atoms with Gasteiger partial charge in [0.2, 0.25) is 0 Å². The molecule has 122 valence electrons. The van der Waals surface area contributed by atoms with Gasteiger partial charge in [0.05, 0.1) is 17.0 Å². The molecule has 22 heavy (non-hydrogen) atoms. The second-order valence-electron chi connectivity index (χ2n) is 5.05. The molecule has 9 heteroatoms. The van der Waals surface area contributed by atoms with Crippen LogP contribution in [0.3, 0.4) is 0 Å². The molecule has 2 heterocycles. The van der Waals surface area contributed by atoms with Crippen molar-refractivity contribution in [3.63, 3.8) is 0 Å². The van der Waals surface area contributed by atoms with Gasteiger partial charge < -0.3 is 4.90 Å². The molecule has 0 saturated carbocycles. The zero-order chi connectivity index (χ0) is 16.5. The summed E-state index contributed by atoms with van der Waals surface area (Å²) >= 11 is 0. The summed E-state index contributed by atoms with van der Waals surface area (Å²) in [5.74, 6) is -2.76. The van der Waals surface area contributed by atoms with Gasteiger partial charge in [0, 0.05) is 25.5 Å². The van der Waals surface area contributed by atoms with E-state index >= 15 is 0 Å². The minimum Gasteiger partial charge on any atom is -0.338 e. The molecule has 0 N–H and O–H groups in total. The van der Waals surface area contributed by atoms with E-state index in [0.29, 0.717) is 6.20 Å². The lowest BCUT2D eigenvalue weighted by molar-refractivity contribution is -0.184. The second-order valence-corrected chi connectivity index (χ2v) is 5.05. The van der Waals surface area contributed by atoms with Crippen LogP contribution in [0.1, 0.15) is 28.8 Å². The molecule has 0 unspecified atom stereocenters. The molecule has 1 aromatic rings. The highest BCUT2D eigenvalue weighted by atomic mass is 19.4. The Morgan fingerprint density at radius 1 is 1.23 bits per heavy atom. The van der Waals surface area contributed by atoms with Crippen LogP contribution >= 0.6 is 0 Å². The summed E-state index contributed by atoms with van der Waals surface area (Å²) in [5, 5.41) is 0. The molecule has 0 aromatic carbocycles. The maximum absolute atomic E-state index is 12.9. The molecule has 0 bridgehead atoms. The van der Waals surface area contributed by atoms with Crippen LogP contribution in [0.2, 0.25) is 0 Å². The molecular weight excluding hydrogens is 314 g/mol. The van der Waals surface area contributed by atoms with Crippen LogP contribution < -0.4 is 0 Å². The molecule has 1 atom stereocenters. The van der Waals surface area contributed by atoms with Crippen LogP contribution in [-0.2, 0) is 6.18 Å². The summed E-state index contributed by atoms with van der Waals surface area (Å²) < 4.78 is 76.7. The second kappa shape index (κ2) is 5.77. The fraction of sp³-hybridized carbons (Fsp3) is 0.538. The number of carbonyl (C=O) groups excluding carboxylic acids is 1. The van der Waals surface area contributed by atoms with Crippen molar-refractivity contribution < 1.29 is 31.1 Å². The third-order valence-corrected chi connectivity index (χ3v) is 3.53. The molecule has 1 aliphatic heterocycles. The molecule has 0 spiro atoms. The molecule has 3 nitrogen and oxygen atoms in total. The molecule has 2 rings (SSSR count). The molecule has 1 saturated heterocycles. The Balaban J connectivity index is 2.26. The van der Waals surface area contributed by atoms with E-state index in [9.17, 15) is 31.1 Å². The van der Waals surface area contributed by atoms with E-state index in [-0.39, 0.29) is 19.4 Å². The smallest absolute Gasteiger partial charge is 0.338 e. The zero-order valence-corrected chi connectivity index (χ0v) is 11.2. The highest BCUT2D eigenvalue weighted by Crippen LogP contribution is 2.35. The van der Waals surface area contributed by atoms with Gasteiger partial charge in [-0.2, -0.15) is 26.3 Å². The van der Waals surface area contributed by atoms with Gasteiger partial charge in [-0.25, -0.2) is 0 Å². The lowest BCUT2D eigenvalue weighted by Crippen LogP contribution is -2.45. The third-order valence-electron chi connectivity index (χ3n) is 3.53. The van der Waals surface area contributed by atoms with Crippen LogP contribution in [0, 0.1) is 5.92 Å². The highest BCUT2D eigenvalue weighted by molar-refractivity contribution is 5.95. The van der Waals surface area contributed by atoms with E-state index in [1.54, 1.807) is 0 Å². The van der Waals surface area contributed by atoms with Gasteiger partial charge in [0.25, 0.3) is 5.91 Å². The summed E-state index contributed by atoms with van der Waals surface area (Å²) in [6, 6.07) is 0.877. The van der Waals surface area contributed by atoms with Crippen molar-refractivity contribution in [2.75, 3.05) is 13.1 Å². The summed E-state index contributed by atoms with van der Waals surface area (Å²) in [4.78, 5) is 16.3. The Hall–Kier alpha value is -1.80. The summed E-state index contributed by atoms with van der Waals surface area (Å²) in [5.41, 5.74) is -1.92. The standard InChI is InChI=1S/C13H12F6N2O/c14-12(15,16)8-2-1-5-21(7-8)11(22)9-3-4-20-6-10(9)13(17,18)19/h3-4,6,8H,1-2,5,7H2/t8-/m0/s1. The van der Waals surface area contributed by atoms with Crippen LogP contribution in [0.15, 0.2) is 18.5 Å². The maximum Gasteiger partial charge on any atom is 0.418 e. The van der Waals surface area contributed by atoms with E-state index in [0.717, 1.165) is 17.2 Å². The van der Waals surface area contributed by atoms with Crippen LogP contribution in [-0.4, -0.2) is 35.1 Å². The largest absolute Gasteiger partial charge is 0.418 e. The average molecular weight is 326 g/mol. The summed E-state index contributed by atoms with van der Waals surface area (Å²) in [6.45, 7) is -0.618. The molecule has 1 aromatic heterocycles. The van der Waals surface area contributed by atoms with Crippen molar-refractivity contribution in [2.24, 2.45) is 5.92 Å². The van der Waals surface area contributed by atoms with Crippen LogP contribution in [0.5, 0.6) is 0 Å². The van der Waals surface area contributed by atoms with E-state index in [4.69, 9.17) is 0 Å². The summed E-state index contributed by atoms with van der Waals surface area (Å²) in [7, 11) is 0. The Kier molecular flexibility index (Phi) is 4.35. The lowest BCUT2D eigenvalue weighted by Gasteiger charge is -2.34. The fourth-order valence-corrected chi connectivity index (χ4v) is 2.41. The predicted molar refractivity (Wildman–Crippen MR) is 63.9 cm³/mol. The number of halogens is 6. The molecule has 1 amide bonds. The SMILES string of the molecule is O=C(c1ccncc1C(F)(F)F)N1CCC[C@H](C(F)(F)F)C1. The van der Waals surface area contributed by atoms with Gasteiger partial charge >= 0.3 is 12.4 Å². The van der Waals surface area contributed by atoms with Gasteiger partial charge in [-0.15, -0.1) is 0 Å². The first-order valence-corrected chi connectivity index (χ1v) is 6.48. The minimum absolute atomic E-state index is 0.00499. The van der Waals surface area contributed by atoms with Gasteiger partial charge in [0.15, 0.2) is 0 Å². The van der Waals surface area contributed by atoms with Crippen LogP contribution in [0.4, 0.5) is 26.3 Å². The number of aromatic nitrogens is 1. The van der Waals surface area contributed by atoms with Gasteiger partial charge in [-0.1, -0.05) is 0 Å². The third kappa shape index (κ3) is 3.50. The molecule has 1 aliphatic rings. The Morgan fingerprint density at radius 3 is 2.50 bits per heavy atom. The molecule has 0 aliphatic carbocycles. The Labute approximate surface area is 121 Å². The number of likely N-dealkylation sites (tertiary alicyclic amines) is 1. The fourth-order valence-electron chi connectivity index (χ4n) is 2.41. The number of alkyl halides is 6. The molecule has 1 fully saturated rings. The first-order chi connectivity index (χ1) is 10.1. The van der Waals surface area contributed by atoms with E-state index in [1.807, 2.05) is 0 Å². The van der Waals surface area contributed by atoms with Crippen LogP contribution in [0.25, 0.3) is 0 Å². The number of carbonyl (C=O) groups is 1. The van der Waals surface area contributed by atoms with Crippen molar-refractivity contribution in [3.8, 4) is 0 Å². The number of piperidine rings is 1. The highest BCUT2D eigenvalue weighted by Gasteiger charge is 2.44. The number of rotatable bonds is 1.